The van der Waals surface area contributed by atoms with Crippen molar-refractivity contribution in [3.8, 4) is 0 Å². The molecule has 0 aliphatic carbocycles. The number of benzene rings is 1. The standard InChI is InChI=1S/C10H13BrN2O3/c1-10(12,6-14)5-7-2-8(11)4-9(3-7)13(15)16/h2-4,14H,5-6,12H2,1H3. The quantitative estimate of drug-likeness (QED) is 0.651. The molecule has 16 heavy (non-hydrogen) atoms. The van der Waals surface area contributed by atoms with Crippen LogP contribution in [0, 0.1) is 10.1 Å². The summed E-state index contributed by atoms with van der Waals surface area (Å²) in [5.41, 5.74) is 5.75. The number of aliphatic hydroxyl groups excluding tert-OH is 1. The van der Waals surface area contributed by atoms with Gasteiger partial charge in [-0.05, 0) is 25.0 Å². The van der Waals surface area contributed by atoms with Crippen LogP contribution in [0.25, 0.3) is 0 Å². The Hall–Kier alpha value is -0.980. The van der Waals surface area contributed by atoms with E-state index in [1.54, 1.807) is 13.0 Å². The van der Waals surface area contributed by atoms with E-state index in [1.807, 2.05) is 0 Å². The van der Waals surface area contributed by atoms with Crippen molar-refractivity contribution >= 4 is 21.6 Å². The van der Waals surface area contributed by atoms with E-state index in [0.717, 1.165) is 5.56 Å². The van der Waals surface area contributed by atoms with Gasteiger partial charge < -0.3 is 10.8 Å². The molecule has 0 heterocycles. The molecule has 1 unspecified atom stereocenters. The summed E-state index contributed by atoms with van der Waals surface area (Å²) in [5.74, 6) is 0. The smallest absolute Gasteiger partial charge is 0.270 e. The van der Waals surface area contributed by atoms with Crippen molar-refractivity contribution in [3.63, 3.8) is 0 Å². The van der Waals surface area contributed by atoms with Crippen LogP contribution in [-0.4, -0.2) is 22.2 Å². The fraction of sp³-hybridized carbons (Fsp3) is 0.400. The predicted octanol–water partition coefficient (Wildman–Crippen LogP) is 1.61. The molecule has 6 heteroatoms. The van der Waals surface area contributed by atoms with Crippen molar-refractivity contribution < 1.29 is 10.0 Å². The molecular formula is C10H13BrN2O3. The van der Waals surface area contributed by atoms with Crippen LogP contribution in [0.1, 0.15) is 12.5 Å². The van der Waals surface area contributed by atoms with Crippen LogP contribution in [0.2, 0.25) is 0 Å². The molecule has 1 aromatic carbocycles. The number of non-ortho nitro benzene ring substituents is 1. The Kier molecular flexibility index (Phi) is 4.01. The molecule has 0 aliphatic heterocycles. The summed E-state index contributed by atoms with van der Waals surface area (Å²) in [4.78, 5) is 10.2. The van der Waals surface area contributed by atoms with E-state index in [9.17, 15) is 10.1 Å². The van der Waals surface area contributed by atoms with Gasteiger partial charge in [0.1, 0.15) is 0 Å². The summed E-state index contributed by atoms with van der Waals surface area (Å²) in [6, 6.07) is 4.65. The molecular weight excluding hydrogens is 276 g/mol. The van der Waals surface area contributed by atoms with Gasteiger partial charge in [0.25, 0.3) is 5.69 Å². The monoisotopic (exact) mass is 288 g/mol. The van der Waals surface area contributed by atoms with E-state index < -0.39 is 10.5 Å². The van der Waals surface area contributed by atoms with E-state index >= 15 is 0 Å². The Balaban J connectivity index is 3.01. The van der Waals surface area contributed by atoms with Crippen LogP contribution >= 0.6 is 15.9 Å². The van der Waals surface area contributed by atoms with Crippen molar-refractivity contribution in [1.82, 2.24) is 0 Å². The first-order valence-electron chi connectivity index (χ1n) is 4.68. The number of nitro benzene ring substituents is 1. The molecule has 1 aromatic rings. The topological polar surface area (TPSA) is 89.4 Å². The molecule has 88 valence electrons. The summed E-state index contributed by atoms with van der Waals surface area (Å²) in [7, 11) is 0. The number of nitro groups is 1. The van der Waals surface area contributed by atoms with E-state index in [-0.39, 0.29) is 12.3 Å². The fourth-order valence-electron chi connectivity index (χ4n) is 1.36. The second-order valence-corrected chi connectivity index (χ2v) is 4.98. The van der Waals surface area contributed by atoms with Crippen LogP contribution in [0.5, 0.6) is 0 Å². The Morgan fingerprint density at radius 1 is 1.56 bits per heavy atom. The lowest BCUT2D eigenvalue weighted by Gasteiger charge is -2.21. The maximum atomic E-state index is 10.6. The number of aliphatic hydroxyl groups is 1. The highest BCUT2D eigenvalue weighted by Crippen LogP contribution is 2.23. The lowest BCUT2D eigenvalue weighted by Crippen LogP contribution is -2.42. The minimum atomic E-state index is -0.769. The summed E-state index contributed by atoms with van der Waals surface area (Å²) in [6.07, 6.45) is 0.379. The van der Waals surface area contributed by atoms with Crippen molar-refractivity contribution in [1.29, 1.82) is 0 Å². The second-order valence-electron chi connectivity index (χ2n) is 4.06. The minimum Gasteiger partial charge on any atom is -0.394 e. The summed E-state index contributed by atoms with van der Waals surface area (Å²) < 4.78 is 0.630. The molecule has 3 N–H and O–H groups in total. The zero-order chi connectivity index (χ0) is 12.3. The van der Waals surface area contributed by atoms with E-state index in [2.05, 4.69) is 15.9 Å². The van der Waals surface area contributed by atoms with Gasteiger partial charge in [0, 0.05) is 22.1 Å². The third-order valence-electron chi connectivity index (χ3n) is 2.12. The van der Waals surface area contributed by atoms with Gasteiger partial charge >= 0.3 is 0 Å². The number of halogens is 1. The SMILES string of the molecule is CC(N)(CO)Cc1cc(Br)cc([N+](=O)[O-])c1. The second kappa shape index (κ2) is 4.90. The van der Waals surface area contributed by atoms with Crippen LogP contribution in [-0.2, 0) is 6.42 Å². The van der Waals surface area contributed by atoms with Crippen molar-refractivity contribution in [3.05, 3.63) is 38.3 Å². The number of nitrogens with two attached hydrogens (primary N) is 1. The average Bonchev–Trinajstić information content (AvgIpc) is 2.16. The first-order valence-corrected chi connectivity index (χ1v) is 5.47. The normalized spacial score (nSPS) is 14.5. The lowest BCUT2D eigenvalue weighted by molar-refractivity contribution is -0.385. The third kappa shape index (κ3) is 3.55. The first-order chi connectivity index (χ1) is 7.34. The Morgan fingerprint density at radius 2 is 2.19 bits per heavy atom. The molecule has 0 bridgehead atoms. The van der Waals surface area contributed by atoms with Crippen LogP contribution < -0.4 is 5.73 Å². The van der Waals surface area contributed by atoms with Gasteiger partial charge in [-0.1, -0.05) is 15.9 Å². The van der Waals surface area contributed by atoms with Gasteiger partial charge in [0.05, 0.1) is 11.5 Å². The molecule has 0 spiro atoms. The molecule has 1 rings (SSSR count). The molecule has 1 atom stereocenters. The van der Waals surface area contributed by atoms with Gasteiger partial charge in [-0.2, -0.15) is 0 Å². The zero-order valence-electron chi connectivity index (χ0n) is 8.81. The largest absolute Gasteiger partial charge is 0.394 e. The highest BCUT2D eigenvalue weighted by Gasteiger charge is 2.19. The van der Waals surface area contributed by atoms with Crippen molar-refractivity contribution in [2.24, 2.45) is 5.73 Å². The summed E-state index contributed by atoms with van der Waals surface area (Å²) in [6.45, 7) is 1.52. The van der Waals surface area contributed by atoms with Crippen LogP contribution in [0.15, 0.2) is 22.7 Å². The van der Waals surface area contributed by atoms with Gasteiger partial charge in [0.2, 0.25) is 0 Å². The minimum absolute atomic E-state index is 0.0121. The molecule has 0 radical (unpaired) electrons. The average molecular weight is 289 g/mol. The molecule has 0 saturated heterocycles. The highest BCUT2D eigenvalue weighted by atomic mass is 79.9. The zero-order valence-corrected chi connectivity index (χ0v) is 10.4. The molecule has 5 nitrogen and oxygen atoms in total. The number of rotatable bonds is 4. The lowest BCUT2D eigenvalue weighted by atomic mass is 9.95. The van der Waals surface area contributed by atoms with Crippen molar-refractivity contribution in [2.45, 2.75) is 18.9 Å². The summed E-state index contributed by atoms with van der Waals surface area (Å²) in [5, 5.41) is 19.7. The van der Waals surface area contributed by atoms with Crippen LogP contribution in [0.4, 0.5) is 5.69 Å². The third-order valence-corrected chi connectivity index (χ3v) is 2.58. The van der Waals surface area contributed by atoms with Gasteiger partial charge in [-0.25, -0.2) is 0 Å². The number of hydrogen-bond donors (Lipinski definition) is 2. The molecule has 0 amide bonds. The Labute approximate surface area is 102 Å². The molecule has 0 aliphatic rings. The van der Waals surface area contributed by atoms with Crippen LogP contribution in [0.3, 0.4) is 0 Å². The molecule has 0 aromatic heterocycles. The molecule has 0 saturated carbocycles. The predicted molar refractivity (Wildman–Crippen MR) is 64.2 cm³/mol. The first kappa shape index (κ1) is 13.1. The van der Waals surface area contributed by atoms with Crippen molar-refractivity contribution in [2.75, 3.05) is 6.61 Å². The van der Waals surface area contributed by atoms with E-state index in [1.165, 1.54) is 12.1 Å². The van der Waals surface area contributed by atoms with E-state index in [0.29, 0.717) is 10.9 Å². The number of nitrogens with zero attached hydrogens (tertiary/aromatic N) is 1. The molecule has 0 fully saturated rings. The Bertz CT molecular complexity index is 407. The Morgan fingerprint density at radius 3 is 2.69 bits per heavy atom. The summed E-state index contributed by atoms with van der Waals surface area (Å²) >= 11 is 3.20. The maximum absolute atomic E-state index is 10.6. The number of hydrogen-bond acceptors (Lipinski definition) is 4. The van der Waals surface area contributed by atoms with Gasteiger partial charge in [0.15, 0.2) is 0 Å². The fourth-order valence-corrected chi connectivity index (χ4v) is 1.89. The highest BCUT2D eigenvalue weighted by molar-refractivity contribution is 9.10. The van der Waals surface area contributed by atoms with Gasteiger partial charge in [-0.15, -0.1) is 0 Å². The maximum Gasteiger partial charge on any atom is 0.270 e. The van der Waals surface area contributed by atoms with Gasteiger partial charge in [-0.3, -0.25) is 10.1 Å². The van der Waals surface area contributed by atoms with E-state index in [4.69, 9.17) is 10.8 Å².